The largest absolute Gasteiger partial charge is 0.456 e. The van der Waals surface area contributed by atoms with Gasteiger partial charge in [0.15, 0.2) is 0 Å². The van der Waals surface area contributed by atoms with Crippen molar-refractivity contribution in [2.45, 2.75) is 0 Å². The molecule has 1 nitrogen and oxygen atoms in total. The van der Waals surface area contributed by atoms with Crippen molar-refractivity contribution in [1.29, 1.82) is 0 Å². The van der Waals surface area contributed by atoms with Crippen LogP contribution in [0.4, 0.5) is 0 Å². The lowest BCUT2D eigenvalue weighted by molar-refractivity contribution is 0.669. The Labute approximate surface area is 491 Å². The van der Waals surface area contributed by atoms with Gasteiger partial charge in [0, 0.05) is 10.8 Å². The van der Waals surface area contributed by atoms with Gasteiger partial charge in [-0.1, -0.05) is 279 Å². The smallest absolute Gasteiger partial charge is 0.135 e. The lowest BCUT2D eigenvalue weighted by Gasteiger charge is -2.18. The second-order valence-corrected chi connectivity index (χ2v) is 21.6. The molecule has 0 aliphatic carbocycles. The predicted octanol–water partition coefficient (Wildman–Crippen LogP) is 23.4. The molecule has 17 aromatic carbocycles. The summed E-state index contributed by atoms with van der Waals surface area (Å²) in [6.07, 6.45) is 0. The molecule has 1 aromatic heterocycles. The van der Waals surface area contributed by atoms with E-state index >= 15 is 0 Å². The third kappa shape index (κ3) is 7.63. The first-order chi connectivity index (χ1) is 44.5. The fourth-order valence-electron chi connectivity index (χ4n) is 13.2. The SMILES string of the molecule is [2H]c1c([2H])c([2H])c2c(-c3ccc4oc5ccccc5c4c3)c3c([2H])c([2H])c([2H])c([2H])c3c(-c3ccc(-c4ccccc4)cc3)c2c1[2H].c1cc(-c2ccc(-c3ccc4ccc5cccc6ccc3c4c56)cc2)cc(-c2ccc3ccc4cccc5ccc2c3c45)c1. The van der Waals surface area contributed by atoms with E-state index in [4.69, 9.17) is 12.6 Å². The second-order valence-electron chi connectivity index (χ2n) is 21.6. The summed E-state index contributed by atoms with van der Waals surface area (Å²) in [6, 6.07) is 86.0. The van der Waals surface area contributed by atoms with E-state index in [2.05, 4.69) is 158 Å². The van der Waals surface area contributed by atoms with Crippen LogP contribution >= 0.6 is 0 Å². The van der Waals surface area contributed by atoms with Crippen LogP contribution in [0.25, 0.3) is 175 Å². The second kappa shape index (κ2) is 18.9. The lowest BCUT2D eigenvalue weighted by atomic mass is 9.85. The summed E-state index contributed by atoms with van der Waals surface area (Å²) in [5.74, 6) is 0. The predicted molar refractivity (Wildman–Crippen MR) is 355 cm³/mol. The maximum atomic E-state index is 9.18. The normalized spacial score (nSPS) is 13.2. The molecule has 0 radical (unpaired) electrons. The Hall–Kier alpha value is -10.9. The quantitative estimate of drug-likeness (QED) is 0.119. The molecule has 0 bridgehead atoms. The molecule has 0 aliphatic rings. The molecule has 0 aliphatic heterocycles. The Morgan fingerprint density at radius 2 is 0.614 bits per heavy atom. The molecule has 384 valence electrons. The van der Waals surface area contributed by atoms with Gasteiger partial charge in [0.25, 0.3) is 0 Å². The van der Waals surface area contributed by atoms with Gasteiger partial charge < -0.3 is 4.42 Å². The third-order valence-electron chi connectivity index (χ3n) is 17.1. The number of para-hydroxylation sites is 1. The van der Waals surface area contributed by atoms with Gasteiger partial charge in [-0.25, -0.2) is 0 Å². The minimum absolute atomic E-state index is 0.183. The van der Waals surface area contributed by atoms with Crippen LogP contribution in [0.3, 0.4) is 0 Å². The van der Waals surface area contributed by atoms with Crippen LogP contribution in [-0.2, 0) is 0 Å². The molecule has 0 saturated carbocycles. The monoisotopic (exact) mass is 1060 g/mol. The van der Waals surface area contributed by atoms with Gasteiger partial charge in [0.2, 0.25) is 0 Å². The molecule has 0 atom stereocenters. The van der Waals surface area contributed by atoms with E-state index in [1.165, 1.54) is 98.0 Å². The van der Waals surface area contributed by atoms with Gasteiger partial charge in [0.05, 0.1) is 11.0 Å². The van der Waals surface area contributed by atoms with Gasteiger partial charge in [-0.15, -0.1) is 0 Å². The molecular weight excluding hydrogens is 1000 g/mol. The zero-order chi connectivity index (χ0) is 61.5. The fraction of sp³-hybridized carbons (Fsp3) is 0. The van der Waals surface area contributed by atoms with Gasteiger partial charge in [0.1, 0.15) is 11.2 Å². The third-order valence-corrected chi connectivity index (χ3v) is 17.1. The molecule has 18 aromatic rings. The van der Waals surface area contributed by atoms with Crippen molar-refractivity contribution in [3.8, 4) is 66.8 Å². The maximum Gasteiger partial charge on any atom is 0.135 e. The molecule has 0 unspecified atom stereocenters. The number of benzene rings is 17. The Bertz CT molecular complexity index is 5920. The average molecular weight is 1060 g/mol. The Balaban J connectivity index is 0.000000140. The number of hydrogen-bond acceptors (Lipinski definition) is 1. The van der Waals surface area contributed by atoms with Crippen molar-refractivity contribution in [3.63, 3.8) is 0 Å². The molecule has 83 heavy (non-hydrogen) atoms. The maximum absolute atomic E-state index is 9.18. The first-order valence-electron chi connectivity index (χ1n) is 32.1. The molecule has 1 heteroatoms. The van der Waals surface area contributed by atoms with Crippen molar-refractivity contribution >= 4 is 108 Å². The Morgan fingerprint density at radius 3 is 1.20 bits per heavy atom. The number of rotatable bonds is 6. The summed E-state index contributed by atoms with van der Waals surface area (Å²) in [7, 11) is 0. The topological polar surface area (TPSA) is 13.1 Å². The van der Waals surface area contributed by atoms with Gasteiger partial charge in [-0.05, 0) is 177 Å². The van der Waals surface area contributed by atoms with Crippen molar-refractivity contribution in [2.24, 2.45) is 0 Å². The summed E-state index contributed by atoms with van der Waals surface area (Å²) in [5.41, 5.74) is 12.5. The number of hydrogen-bond donors (Lipinski definition) is 0. The molecule has 18 rings (SSSR count). The van der Waals surface area contributed by atoms with Crippen LogP contribution < -0.4 is 0 Å². The van der Waals surface area contributed by atoms with Crippen molar-refractivity contribution in [2.75, 3.05) is 0 Å². The summed E-state index contributed by atoms with van der Waals surface area (Å²) in [6.45, 7) is 0. The van der Waals surface area contributed by atoms with Gasteiger partial charge >= 0.3 is 0 Å². The van der Waals surface area contributed by atoms with Crippen molar-refractivity contribution < 1.29 is 15.4 Å². The van der Waals surface area contributed by atoms with Crippen LogP contribution in [0.1, 0.15) is 11.0 Å². The Kier molecular flexibility index (Phi) is 8.99. The lowest BCUT2D eigenvalue weighted by Crippen LogP contribution is -1.91. The van der Waals surface area contributed by atoms with Gasteiger partial charge in [-0.3, -0.25) is 0 Å². The highest BCUT2D eigenvalue weighted by molar-refractivity contribution is 6.27. The highest BCUT2D eigenvalue weighted by Crippen LogP contribution is 2.46. The molecule has 0 saturated heterocycles. The highest BCUT2D eigenvalue weighted by Gasteiger charge is 2.19. The first-order valence-corrected chi connectivity index (χ1v) is 28.1. The van der Waals surface area contributed by atoms with Crippen LogP contribution in [-0.4, -0.2) is 0 Å². The van der Waals surface area contributed by atoms with Crippen molar-refractivity contribution in [1.82, 2.24) is 0 Å². The minimum atomic E-state index is -0.427. The van der Waals surface area contributed by atoms with E-state index in [0.717, 1.165) is 21.9 Å². The van der Waals surface area contributed by atoms with E-state index in [0.29, 0.717) is 33.4 Å². The number of furan rings is 1. The summed E-state index contributed by atoms with van der Waals surface area (Å²) in [4.78, 5) is 0. The zero-order valence-electron chi connectivity index (χ0n) is 52.7. The average Bonchev–Trinajstić information content (AvgIpc) is 0.816. The van der Waals surface area contributed by atoms with Crippen LogP contribution in [0, 0.1) is 0 Å². The van der Waals surface area contributed by atoms with E-state index in [1.54, 1.807) is 12.1 Å². The van der Waals surface area contributed by atoms with Gasteiger partial charge in [-0.2, -0.15) is 0 Å². The highest BCUT2D eigenvalue weighted by atomic mass is 16.3. The van der Waals surface area contributed by atoms with E-state index in [9.17, 15) is 2.74 Å². The molecule has 0 fully saturated rings. The van der Waals surface area contributed by atoms with Crippen LogP contribution in [0.5, 0.6) is 0 Å². The first kappa shape index (κ1) is 39.5. The zero-order valence-corrected chi connectivity index (χ0v) is 44.7. The number of fused-ring (bicyclic) bond motifs is 5. The standard InChI is InChI=1S/C44H26.C38H24O/c1-4-29-14-16-33-18-22-37(39-24-20-31(6-1)41(29)43(33)39)28-12-10-27(11-13-28)35-8-3-9-36(26-35)38-23-19-34-17-15-30-5-2-7-32-21-25-40(38)44(34)42(30)32;1-2-10-25(11-3-1)26-18-20-27(21-19-26)37-30-13-4-6-15-32(30)38(33-16-7-5-14-31(33)37)28-22-23-36-34(24-28)29-12-8-9-17-35(29)39-36/h1-26H;1-24H/i;4D,5D,6D,7D,13D,14D,15D,16D. The molecular formula is C82H50O. The Morgan fingerprint density at radius 1 is 0.217 bits per heavy atom. The minimum Gasteiger partial charge on any atom is -0.456 e. The van der Waals surface area contributed by atoms with Crippen LogP contribution in [0.2, 0.25) is 0 Å². The fourth-order valence-corrected chi connectivity index (χ4v) is 13.2. The summed E-state index contributed by atoms with van der Waals surface area (Å²) >= 11 is 0. The molecule has 1 heterocycles. The van der Waals surface area contributed by atoms with E-state index in [1.807, 2.05) is 84.9 Å². The van der Waals surface area contributed by atoms with Crippen LogP contribution in [0.15, 0.2) is 308 Å². The molecule has 0 spiro atoms. The van der Waals surface area contributed by atoms with Crippen molar-refractivity contribution in [3.05, 3.63) is 303 Å². The summed E-state index contributed by atoms with van der Waals surface area (Å²) < 4.78 is 77.3. The van der Waals surface area contributed by atoms with E-state index in [-0.39, 0.29) is 45.7 Å². The molecule has 0 amide bonds. The van der Waals surface area contributed by atoms with E-state index < -0.39 is 24.2 Å². The summed E-state index contributed by atoms with van der Waals surface area (Å²) in [5, 5.41) is 18.3. The molecule has 0 N–H and O–H groups in total.